The van der Waals surface area contributed by atoms with Crippen LogP contribution in [0.15, 0.2) is 24.3 Å². The third-order valence-electron chi connectivity index (χ3n) is 3.64. The number of ether oxygens (including phenoxy) is 3. The maximum absolute atomic E-state index is 12.6. The van der Waals surface area contributed by atoms with Crippen LogP contribution in [-0.2, 0) is 9.47 Å². The highest BCUT2D eigenvalue weighted by Crippen LogP contribution is 2.39. The number of hydrogen-bond donors (Lipinski definition) is 0. The van der Waals surface area contributed by atoms with Gasteiger partial charge in [0.25, 0.3) is 0 Å². The van der Waals surface area contributed by atoms with Crippen LogP contribution in [0.1, 0.15) is 29.6 Å². The summed E-state index contributed by atoms with van der Waals surface area (Å²) in [7, 11) is 3.22. The second-order valence-corrected chi connectivity index (χ2v) is 4.72. The third kappa shape index (κ3) is 2.80. The Morgan fingerprint density at radius 2 is 1.95 bits per heavy atom. The molecule has 0 spiro atoms. The monoisotopic (exact) mass is 264 g/mol. The largest absolute Gasteiger partial charge is 0.490 e. The Balaban J connectivity index is 2.16. The van der Waals surface area contributed by atoms with Gasteiger partial charge in [0.2, 0.25) is 0 Å². The molecular weight excluding hydrogens is 244 g/mol. The SMILES string of the molecule is COCCOc1ccccc1C(=O)C1(OC)CCC1. The molecule has 0 amide bonds. The normalized spacial score (nSPS) is 16.7. The van der Waals surface area contributed by atoms with Crippen molar-refractivity contribution in [2.75, 3.05) is 27.4 Å². The number of hydrogen-bond acceptors (Lipinski definition) is 4. The van der Waals surface area contributed by atoms with Gasteiger partial charge in [0.15, 0.2) is 5.78 Å². The van der Waals surface area contributed by atoms with Gasteiger partial charge in [0, 0.05) is 14.2 Å². The summed E-state index contributed by atoms with van der Waals surface area (Å²) in [5.74, 6) is 0.627. The van der Waals surface area contributed by atoms with Crippen LogP contribution in [-0.4, -0.2) is 38.8 Å². The van der Waals surface area contributed by atoms with E-state index in [1.807, 2.05) is 18.2 Å². The van der Waals surface area contributed by atoms with Gasteiger partial charge in [0.05, 0.1) is 12.2 Å². The van der Waals surface area contributed by atoms with Gasteiger partial charge in [-0.2, -0.15) is 0 Å². The standard InChI is InChI=1S/C15H20O4/c1-17-10-11-19-13-7-4-3-6-12(13)14(16)15(18-2)8-5-9-15/h3-4,6-7H,5,8-11H2,1-2H3. The average molecular weight is 264 g/mol. The molecule has 1 aromatic carbocycles. The van der Waals surface area contributed by atoms with Gasteiger partial charge in [-0.3, -0.25) is 4.79 Å². The number of para-hydroxylation sites is 1. The summed E-state index contributed by atoms with van der Waals surface area (Å²) in [5.41, 5.74) is -0.0408. The van der Waals surface area contributed by atoms with E-state index in [9.17, 15) is 4.79 Å². The Labute approximate surface area is 113 Å². The zero-order valence-electron chi connectivity index (χ0n) is 11.5. The Morgan fingerprint density at radius 1 is 1.21 bits per heavy atom. The zero-order chi connectivity index (χ0) is 13.7. The van der Waals surface area contributed by atoms with Gasteiger partial charge in [-0.1, -0.05) is 12.1 Å². The first kappa shape index (κ1) is 14.0. The predicted molar refractivity (Wildman–Crippen MR) is 71.7 cm³/mol. The highest BCUT2D eigenvalue weighted by Gasteiger charge is 2.45. The van der Waals surface area contributed by atoms with Gasteiger partial charge in [-0.05, 0) is 31.4 Å². The lowest BCUT2D eigenvalue weighted by Crippen LogP contribution is -2.47. The van der Waals surface area contributed by atoms with E-state index in [-0.39, 0.29) is 5.78 Å². The second-order valence-electron chi connectivity index (χ2n) is 4.72. The van der Waals surface area contributed by atoms with Gasteiger partial charge >= 0.3 is 0 Å². The smallest absolute Gasteiger partial charge is 0.198 e. The van der Waals surface area contributed by atoms with E-state index in [1.54, 1.807) is 20.3 Å². The van der Waals surface area contributed by atoms with Crippen molar-refractivity contribution >= 4 is 5.78 Å². The third-order valence-corrected chi connectivity index (χ3v) is 3.64. The maximum atomic E-state index is 12.6. The first-order chi connectivity index (χ1) is 9.23. The molecule has 0 aliphatic heterocycles. The lowest BCUT2D eigenvalue weighted by atomic mass is 9.74. The van der Waals surface area contributed by atoms with E-state index < -0.39 is 5.60 Å². The van der Waals surface area contributed by atoms with Crippen molar-refractivity contribution in [3.8, 4) is 5.75 Å². The molecule has 0 heterocycles. The number of benzene rings is 1. The summed E-state index contributed by atoms with van der Waals surface area (Å²) in [4.78, 5) is 12.6. The fourth-order valence-electron chi connectivity index (χ4n) is 2.28. The minimum absolute atomic E-state index is 0.0225. The van der Waals surface area contributed by atoms with Crippen molar-refractivity contribution in [3.63, 3.8) is 0 Å². The van der Waals surface area contributed by atoms with Crippen molar-refractivity contribution in [3.05, 3.63) is 29.8 Å². The van der Waals surface area contributed by atoms with Crippen LogP contribution in [0.25, 0.3) is 0 Å². The molecule has 1 aliphatic carbocycles. The Morgan fingerprint density at radius 3 is 2.53 bits per heavy atom. The summed E-state index contributed by atoms with van der Waals surface area (Å²) >= 11 is 0. The lowest BCUT2D eigenvalue weighted by molar-refractivity contribution is -0.0450. The molecule has 1 aromatic rings. The van der Waals surface area contributed by atoms with E-state index in [4.69, 9.17) is 14.2 Å². The molecule has 0 saturated heterocycles. The van der Waals surface area contributed by atoms with Crippen LogP contribution in [0.4, 0.5) is 0 Å². The molecule has 2 rings (SSSR count). The molecule has 19 heavy (non-hydrogen) atoms. The predicted octanol–water partition coefficient (Wildman–Crippen LogP) is 2.46. The molecule has 0 radical (unpaired) electrons. The number of Topliss-reactive ketones (excluding diaryl/α,β-unsaturated/α-hetero) is 1. The van der Waals surface area contributed by atoms with Gasteiger partial charge < -0.3 is 14.2 Å². The Hall–Kier alpha value is -1.39. The summed E-state index contributed by atoms with van der Waals surface area (Å²) in [5, 5.41) is 0. The summed E-state index contributed by atoms with van der Waals surface area (Å²) in [6.07, 6.45) is 2.61. The first-order valence-corrected chi connectivity index (χ1v) is 6.54. The molecular formula is C15H20O4. The Bertz CT molecular complexity index is 432. The average Bonchev–Trinajstić information content (AvgIpc) is 2.39. The van der Waals surface area contributed by atoms with Crippen LogP contribution in [0.2, 0.25) is 0 Å². The first-order valence-electron chi connectivity index (χ1n) is 6.54. The summed E-state index contributed by atoms with van der Waals surface area (Å²) < 4.78 is 16.0. The van der Waals surface area contributed by atoms with E-state index in [2.05, 4.69) is 0 Å². The second kappa shape index (κ2) is 6.17. The van der Waals surface area contributed by atoms with Crippen molar-refractivity contribution in [2.45, 2.75) is 24.9 Å². The molecule has 4 heteroatoms. The number of carbonyl (C=O) groups is 1. The molecule has 0 unspecified atom stereocenters. The fraction of sp³-hybridized carbons (Fsp3) is 0.533. The molecule has 104 valence electrons. The number of methoxy groups -OCH3 is 2. The van der Waals surface area contributed by atoms with Crippen molar-refractivity contribution < 1.29 is 19.0 Å². The molecule has 0 N–H and O–H groups in total. The van der Waals surface area contributed by atoms with Crippen molar-refractivity contribution in [1.82, 2.24) is 0 Å². The van der Waals surface area contributed by atoms with Crippen LogP contribution in [0, 0.1) is 0 Å². The topological polar surface area (TPSA) is 44.8 Å². The van der Waals surface area contributed by atoms with Gasteiger partial charge in [-0.15, -0.1) is 0 Å². The van der Waals surface area contributed by atoms with E-state index in [0.717, 1.165) is 19.3 Å². The summed E-state index contributed by atoms with van der Waals surface area (Å²) in [6, 6.07) is 7.31. The van der Waals surface area contributed by atoms with E-state index in [0.29, 0.717) is 24.5 Å². The molecule has 0 bridgehead atoms. The van der Waals surface area contributed by atoms with Gasteiger partial charge in [-0.25, -0.2) is 0 Å². The van der Waals surface area contributed by atoms with Crippen LogP contribution in [0.5, 0.6) is 5.75 Å². The van der Waals surface area contributed by atoms with Crippen molar-refractivity contribution in [2.24, 2.45) is 0 Å². The maximum Gasteiger partial charge on any atom is 0.198 e. The minimum Gasteiger partial charge on any atom is -0.490 e. The van der Waals surface area contributed by atoms with Crippen molar-refractivity contribution in [1.29, 1.82) is 0 Å². The molecule has 1 aliphatic rings. The molecule has 1 saturated carbocycles. The number of rotatable bonds is 7. The van der Waals surface area contributed by atoms with Crippen LogP contribution in [0.3, 0.4) is 0 Å². The van der Waals surface area contributed by atoms with Crippen LogP contribution < -0.4 is 4.74 Å². The molecule has 4 nitrogen and oxygen atoms in total. The highest BCUT2D eigenvalue weighted by molar-refractivity contribution is 6.05. The fourth-order valence-corrected chi connectivity index (χ4v) is 2.28. The highest BCUT2D eigenvalue weighted by atomic mass is 16.5. The zero-order valence-corrected chi connectivity index (χ0v) is 11.5. The van der Waals surface area contributed by atoms with Gasteiger partial charge in [0.1, 0.15) is 18.0 Å². The quantitative estimate of drug-likeness (QED) is 0.560. The number of ketones is 1. The molecule has 1 fully saturated rings. The van der Waals surface area contributed by atoms with E-state index >= 15 is 0 Å². The minimum atomic E-state index is -0.638. The Kier molecular flexibility index (Phi) is 4.56. The summed E-state index contributed by atoms with van der Waals surface area (Å²) in [6.45, 7) is 0.929. The lowest BCUT2D eigenvalue weighted by Gasteiger charge is -2.39. The van der Waals surface area contributed by atoms with Crippen LogP contribution >= 0.6 is 0 Å². The molecule has 0 atom stereocenters. The van der Waals surface area contributed by atoms with E-state index in [1.165, 1.54) is 0 Å². The molecule has 0 aromatic heterocycles. The number of carbonyl (C=O) groups excluding carboxylic acids is 1.